The fraction of sp³-hybridized carbons (Fsp3) is 0.154. The van der Waals surface area contributed by atoms with Crippen molar-refractivity contribution < 1.29 is 9.53 Å². The summed E-state index contributed by atoms with van der Waals surface area (Å²) in [5.41, 5.74) is 2.65. The monoisotopic (exact) mass is 243 g/mol. The van der Waals surface area contributed by atoms with Gasteiger partial charge in [0.25, 0.3) is 0 Å². The average Bonchev–Trinajstić information content (AvgIpc) is 2.42. The topological polar surface area (TPSA) is 64.1 Å². The standard InChI is InChI=1S/C13H13N3O2/c1-18-13(17)6-10-2-4-11(5-3-10)16-12-7-14-9-15-8-12/h2-5,7-9,16H,6H2,1H3. The predicted molar refractivity (Wildman–Crippen MR) is 67.5 cm³/mol. The summed E-state index contributed by atoms with van der Waals surface area (Å²) in [6.45, 7) is 0. The molecule has 0 radical (unpaired) electrons. The zero-order valence-electron chi connectivity index (χ0n) is 9.96. The lowest BCUT2D eigenvalue weighted by molar-refractivity contribution is -0.139. The summed E-state index contributed by atoms with van der Waals surface area (Å²) in [6, 6.07) is 7.54. The van der Waals surface area contributed by atoms with Crippen molar-refractivity contribution in [2.45, 2.75) is 6.42 Å². The first kappa shape index (κ1) is 12.0. The first-order valence-corrected chi connectivity index (χ1v) is 5.46. The van der Waals surface area contributed by atoms with Gasteiger partial charge >= 0.3 is 5.97 Å². The predicted octanol–water partition coefficient (Wildman–Crippen LogP) is 1.94. The van der Waals surface area contributed by atoms with Crippen LogP contribution in [-0.4, -0.2) is 23.0 Å². The second kappa shape index (κ2) is 5.77. The van der Waals surface area contributed by atoms with Gasteiger partial charge in [0, 0.05) is 5.69 Å². The van der Waals surface area contributed by atoms with Crippen molar-refractivity contribution in [3.05, 3.63) is 48.5 Å². The molecular weight excluding hydrogens is 230 g/mol. The highest BCUT2D eigenvalue weighted by molar-refractivity contribution is 5.72. The van der Waals surface area contributed by atoms with Gasteiger partial charge in [-0.05, 0) is 17.7 Å². The van der Waals surface area contributed by atoms with E-state index in [1.165, 1.54) is 13.4 Å². The molecule has 1 N–H and O–H groups in total. The van der Waals surface area contributed by atoms with Crippen LogP contribution < -0.4 is 5.32 Å². The number of ether oxygens (including phenoxy) is 1. The Kier molecular flexibility index (Phi) is 3.86. The van der Waals surface area contributed by atoms with Gasteiger partial charge in [0.05, 0.1) is 31.6 Å². The molecule has 0 fully saturated rings. The van der Waals surface area contributed by atoms with Crippen LogP contribution in [0.2, 0.25) is 0 Å². The minimum atomic E-state index is -0.243. The largest absolute Gasteiger partial charge is 0.469 e. The zero-order valence-corrected chi connectivity index (χ0v) is 9.96. The van der Waals surface area contributed by atoms with Crippen LogP contribution in [0.3, 0.4) is 0 Å². The van der Waals surface area contributed by atoms with Crippen LogP contribution in [0.1, 0.15) is 5.56 Å². The van der Waals surface area contributed by atoms with Crippen LogP contribution in [0.15, 0.2) is 43.0 Å². The number of rotatable bonds is 4. The number of esters is 1. The Morgan fingerprint density at radius 2 is 1.83 bits per heavy atom. The van der Waals surface area contributed by atoms with Crippen molar-refractivity contribution in [2.24, 2.45) is 0 Å². The third-order valence-electron chi connectivity index (χ3n) is 2.38. The Morgan fingerprint density at radius 1 is 1.17 bits per heavy atom. The molecule has 0 aliphatic heterocycles. The van der Waals surface area contributed by atoms with Crippen LogP contribution >= 0.6 is 0 Å². The van der Waals surface area contributed by atoms with E-state index in [-0.39, 0.29) is 12.4 Å². The molecule has 2 aromatic rings. The maximum absolute atomic E-state index is 11.1. The fourth-order valence-electron chi connectivity index (χ4n) is 1.48. The van der Waals surface area contributed by atoms with Crippen molar-refractivity contribution in [3.63, 3.8) is 0 Å². The fourth-order valence-corrected chi connectivity index (χ4v) is 1.48. The molecule has 0 atom stereocenters. The Labute approximate surface area is 105 Å². The molecular formula is C13H13N3O2. The molecule has 0 aliphatic rings. The van der Waals surface area contributed by atoms with Gasteiger partial charge in [0.2, 0.25) is 0 Å². The van der Waals surface area contributed by atoms with Gasteiger partial charge in [-0.25, -0.2) is 9.97 Å². The number of benzene rings is 1. The summed E-state index contributed by atoms with van der Waals surface area (Å²) >= 11 is 0. The highest BCUT2D eigenvalue weighted by atomic mass is 16.5. The van der Waals surface area contributed by atoms with Crippen molar-refractivity contribution in [3.8, 4) is 0 Å². The molecule has 0 bridgehead atoms. The zero-order chi connectivity index (χ0) is 12.8. The summed E-state index contributed by atoms with van der Waals surface area (Å²) in [5, 5.41) is 3.16. The minimum absolute atomic E-state index is 0.243. The van der Waals surface area contributed by atoms with Crippen LogP contribution in [0.25, 0.3) is 0 Å². The molecule has 1 aromatic heterocycles. The third-order valence-corrected chi connectivity index (χ3v) is 2.38. The minimum Gasteiger partial charge on any atom is -0.469 e. The number of hydrogen-bond donors (Lipinski definition) is 1. The number of anilines is 2. The van der Waals surface area contributed by atoms with Gasteiger partial charge in [-0.3, -0.25) is 4.79 Å². The van der Waals surface area contributed by atoms with E-state index in [2.05, 4.69) is 20.0 Å². The summed E-state index contributed by atoms with van der Waals surface area (Å²) in [4.78, 5) is 18.9. The highest BCUT2D eigenvalue weighted by Crippen LogP contribution is 2.15. The van der Waals surface area contributed by atoms with E-state index in [4.69, 9.17) is 0 Å². The number of nitrogens with one attached hydrogen (secondary N) is 1. The maximum Gasteiger partial charge on any atom is 0.309 e. The molecule has 1 heterocycles. The number of carbonyl (C=O) groups is 1. The maximum atomic E-state index is 11.1. The molecule has 0 saturated carbocycles. The lowest BCUT2D eigenvalue weighted by Gasteiger charge is -2.06. The van der Waals surface area contributed by atoms with Crippen LogP contribution in [0.4, 0.5) is 11.4 Å². The number of methoxy groups -OCH3 is 1. The van der Waals surface area contributed by atoms with E-state index in [9.17, 15) is 4.79 Å². The molecule has 0 aliphatic carbocycles. The van der Waals surface area contributed by atoms with Gasteiger partial charge in [0.15, 0.2) is 0 Å². The first-order valence-electron chi connectivity index (χ1n) is 5.46. The van der Waals surface area contributed by atoms with E-state index in [1.807, 2.05) is 24.3 Å². The van der Waals surface area contributed by atoms with Crippen molar-refractivity contribution in [1.82, 2.24) is 9.97 Å². The van der Waals surface area contributed by atoms with E-state index in [1.54, 1.807) is 12.4 Å². The van der Waals surface area contributed by atoms with Gasteiger partial charge in [-0.1, -0.05) is 12.1 Å². The van der Waals surface area contributed by atoms with Gasteiger partial charge < -0.3 is 10.1 Å². The van der Waals surface area contributed by atoms with Gasteiger partial charge in [-0.15, -0.1) is 0 Å². The smallest absolute Gasteiger partial charge is 0.309 e. The Hall–Kier alpha value is -2.43. The average molecular weight is 243 g/mol. The molecule has 5 heteroatoms. The van der Waals surface area contributed by atoms with E-state index in [0.717, 1.165) is 16.9 Å². The Balaban J connectivity index is 2.02. The van der Waals surface area contributed by atoms with E-state index in [0.29, 0.717) is 0 Å². The SMILES string of the molecule is COC(=O)Cc1ccc(Nc2cncnc2)cc1. The molecule has 2 rings (SSSR count). The molecule has 1 aromatic carbocycles. The summed E-state index contributed by atoms with van der Waals surface area (Å²) < 4.78 is 4.61. The van der Waals surface area contributed by atoms with Crippen LogP contribution in [0.5, 0.6) is 0 Å². The molecule has 0 saturated heterocycles. The summed E-state index contributed by atoms with van der Waals surface area (Å²) in [6.07, 6.45) is 5.14. The number of aromatic nitrogens is 2. The molecule has 0 unspecified atom stereocenters. The summed E-state index contributed by atoms with van der Waals surface area (Å²) in [5.74, 6) is -0.243. The lowest BCUT2D eigenvalue weighted by atomic mass is 10.1. The quantitative estimate of drug-likeness (QED) is 0.831. The first-order chi connectivity index (χ1) is 8.78. The molecule has 92 valence electrons. The van der Waals surface area contributed by atoms with Crippen molar-refractivity contribution in [2.75, 3.05) is 12.4 Å². The van der Waals surface area contributed by atoms with Crippen molar-refractivity contribution >= 4 is 17.3 Å². The highest BCUT2D eigenvalue weighted by Gasteiger charge is 2.02. The second-order valence-electron chi connectivity index (χ2n) is 3.70. The van der Waals surface area contributed by atoms with E-state index < -0.39 is 0 Å². The van der Waals surface area contributed by atoms with Gasteiger partial charge in [-0.2, -0.15) is 0 Å². The normalized spacial score (nSPS) is 9.83. The van der Waals surface area contributed by atoms with Gasteiger partial charge in [0.1, 0.15) is 6.33 Å². The van der Waals surface area contributed by atoms with Crippen molar-refractivity contribution in [1.29, 1.82) is 0 Å². The van der Waals surface area contributed by atoms with E-state index >= 15 is 0 Å². The number of carbonyl (C=O) groups excluding carboxylic acids is 1. The Bertz CT molecular complexity index is 512. The molecule has 5 nitrogen and oxygen atoms in total. The number of hydrogen-bond acceptors (Lipinski definition) is 5. The van der Waals surface area contributed by atoms with Crippen LogP contribution in [-0.2, 0) is 16.0 Å². The van der Waals surface area contributed by atoms with Crippen LogP contribution in [0, 0.1) is 0 Å². The molecule has 0 spiro atoms. The second-order valence-corrected chi connectivity index (χ2v) is 3.70. The summed E-state index contributed by atoms with van der Waals surface area (Å²) in [7, 11) is 1.38. The number of nitrogens with zero attached hydrogens (tertiary/aromatic N) is 2. The third kappa shape index (κ3) is 3.28. The molecule has 18 heavy (non-hydrogen) atoms. The Morgan fingerprint density at radius 3 is 2.44 bits per heavy atom. The lowest BCUT2D eigenvalue weighted by Crippen LogP contribution is -2.04. The molecule has 0 amide bonds.